The minimum absolute atomic E-state index is 0.157. The molecular weight excluding hydrogens is 437 g/mol. The second kappa shape index (κ2) is 8.17. The second-order valence-corrected chi connectivity index (χ2v) is 8.96. The van der Waals surface area contributed by atoms with Gasteiger partial charge in [-0.1, -0.05) is 62.4 Å². The van der Waals surface area contributed by atoms with Crippen LogP contribution in [0.15, 0.2) is 85.2 Å². The van der Waals surface area contributed by atoms with Crippen LogP contribution in [0.3, 0.4) is 0 Å². The number of aromatic nitrogens is 2. The van der Waals surface area contributed by atoms with Crippen LogP contribution in [0.25, 0.3) is 11.1 Å². The average molecular weight is 461 g/mol. The summed E-state index contributed by atoms with van der Waals surface area (Å²) >= 11 is 0. The molecule has 0 saturated heterocycles. The predicted octanol–water partition coefficient (Wildman–Crippen LogP) is 7.34. The lowest BCUT2D eigenvalue weighted by Gasteiger charge is -2.23. The molecule has 0 unspecified atom stereocenters. The fourth-order valence-corrected chi connectivity index (χ4v) is 4.51. The van der Waals surface area contributed by atoms with E-state index < -0.39 is 11.7 Å². The molecule has 0 spiro atoms. The first-order chi connectivity index (χ1) is 16.2. The highest BCUT2D eigenvalue weighted by Crippen LogP contribution is 2.47. The summed E-state index contributed by atoms with van der Waals surface area (Å²) in [6.07, 6.45) is -1.20. The van der Waals surface area contributed by atoms with E-state index in [4.69, 9.17) is 0 Å². The number of para-hydroxylation sites is 1. The molecule has 0 saturated carbocycles. The molecule has 3 aromatic carbocycles. The fraction of sp³-hybridized carbons (Fsp3) is 0.185. The molecule has 172 valence electrons. The molecule has 1 aromatic heterocycles. The van der Waals surface area contributed by atoms with Gasteiger partial charge in [0.15, 0.2) is 11.6 Å². The Morgan fingerprint density at radius 3 is 2.35 bits per heavy atom. The third-order valence-electron chi connectivity index (χ3n) is 6.09. The summed E-state index contributed by atoms with van der Waals surface area (Å²) in [5, 5.41) is 3.32. The molecule has 4 aromatic rings. The number of benzene rings is 3. The van der Waals surface area contributed by atoms with E-state index in [2.05, 4.69) is 29.1 Å². The maximum Gasteiger partial charge on any atom is 0.417 e. The summed E-state index contributed by atoms with van der Waals surface area (Å²) in [4.78, 5) is 11.1. The number of alkyl halides is 3. The lowest BCUT2D eigenvalue weighted by molar-refractivity contribution is -0.137. The first-order valence-electron chi connectivity index (χ1n) is 11.0. The van der Waals surface area contributed by atoms with Crippen LogP contribution >= 0.6 is 0 Å². The van der Waals surface area contributed by atoms with Gasteiger partial charge in [-0.05, 0) is 41.0 Å². The van der Waals surface area contributed by atoms with Crippen molar-refractivity contribution >= 4 is 23.0 Å². The van der Waals surface area contributed by atoms with Crippen LogP contribution < -0.4 is 10.2 Å². The van der Waals surface area contributed by atoms with Crippen molar-refractivity contribution in [3.05, 3.63) is 96.3 Å². The van der Waals surface area contributed by atoms with Gasteiger partial charge < -0.3 is 10.2 Å². The predicted molar refractivity (Wildman–Crippen MR) is 129 cm³/mol. The Morgan fingerprint density at radius 1 is 0.882 bits per heavy atom. The van der Waals surface area contributed by atoms with Gasteiger partial charge in [0.05, 0.1) is 5.56 Å². The molecule has 1 N–H and O–H groups in total. The quantitative estimate of drug-likeness (QED) is 0.346. The summed E-state index contributed by atoms with van der Waals surface area (Å²) in [6.45, 7) is 4.86. The first-order valence-corrected chi connectivity index (χ1v) is 11.0. The number of rotatable bonds is 4. The number of halogens is 3. The molecule has 7 heteroatoms. The Kier molecular flexibility index (Phi) is 5.27. The van der Waals surface area contributed by atoms with Crippen molar-refractivity contribution < 1.29 is 13.2 Å². The van der Waals surface area contributed by atoms with E-state index in [1.165, 1.54) is 12.1 Å². The standard InChI is InChI=1S/C27H23F3N4/c1-26(2)17-34(25-24(31-14-15-32-25)33-19-8-4-3-5-9-19)23-16-18(12-13-22(23)26)20-10-6-7-11-21(20)27(28,29)30/h3-16H,17H2,1-2H3,(H,31,33). The van der Waals surface area contributed by atoms with Crippen LogP contribution in [0.1, 0.15) is 25.0 Å². The Morgan fingerprint density at radius 2 is 1.59 bits per heavy atom. The molecule has 0 atom stereocenters. The smallest absolute Gasteiger partial charge is 0.337 e. The maximum absolute atomic E-state index is 13.7. The van der Waals surface area contributed by atoms with E-state index in [-0.39, 0.29) is 11.0 Å². The highest BCUT2D eigenvalue weighted by Gasteiger charge is 2.38. The zero-order valence-electron chi connectivity index (χ0n) is 18.8. The molecule has 0 aliphatic carbocycles. The average Bonchev–Trinajstić information content (AvgIpc) is 3.09. The Balaban J connectivity index is 1.62. The van der Waals surface area contributed by atoms with Crippen LogP contribution in [0.5, 0.6) is 0 Å². The summed E-state index contributed by atoms with van der Waals surface area (Å²) < 4.78 is 41.1. The van der Waals surface area contributed by atoms with Crippen LogP contribution in [-0.4, -0.2) is 16.5 Å². The highest BCUT2D eigenvalue weighted by atomic mass is 19.4. The van der Waals surface area contributed by atoms with Crippen molar-refractivity contribution in [2.24, 2.45) is 0 Å². The minimum atomic E-state index is -4.44. The summed E-state index contributed by atoms with van der Waals surface area (Å²) in [6, 6.07) is 20.9. The van der Waals surface area contributed by atoms with Gasteiger partial charge in [-0.2, -0.15) is 13.2 Å². The second-order valence-electron chi connectivity index (χ2n) is 8.96. The molecule has 0 bridgehead atoms. The van der Waals surface area contributed by atoms with Gasteiger partial charge in [0.2, 0.25) is 0 Å². The monoisotopic (exact) mass is 460 g/mol. The summed E-state index contributed by atoms with van der Waals surface area (Å²) in [7, 11) is 0. The Labute approximate surface area is 196 Å². The van der Waals surface area contributed by atoms with E-state index in [0.29, 0.717) is 23.7 Å². The lowest BCUT2D eigenvalue weighted by Crippen LogP contribution is -2.26. The Hall–Kier alpha value is -3.87. The number of hydrogen-bond donors (Lipinski definition) is 1. The molecule has 0 amide bonds. The highest BCUT2D eigenvalue weighted by molar-refractivity contribution is 5.82. The summed E-state index contributed by atoms with van der Waals surface area (Å²) in [5.41, 5.74) is 2.55. The van der Waals surface area contributed by atoms with Crippen molar-refractivity contribution in [2.45, 2.75) is 25.4 Å². The van der Waals surface area contributed by atoms with E-state index in [1.54, 1.807) is 24.5 Å². The largest absolute Gasteiger partial charge is 0.417 e. The number of nitrogens with one attached hydrogen (secondary N) is 1. The molecular formula is C27H23F3N4. The molecule has 2 heterocycles. The first kappa shape index (κ1) is 21.9. The summed E-state index contributed by atoms with van der Waals surface area (Å²) in [5.74, 6) is 1.21. The lowest BCUT2D eigenvalue weighted by atomic mass is 9.86. The van der Waals surface area contributed by atoms with E-state index >= 15 is 0 Å². The third kappa shape index (κ3) is 3.98. The number of hydrogen-bond acceptors (Lipinski definition) is 4. The van der Waals surface area contributed by atoms with Gasteiger partial charge in [-0.15, -0.1) is 0 Å². The molecule has 1 aliphatic heterocycles. The van der Waals surface area contributed by atoms with Gasteiger partial charge in [0.25, 0.3) is 0 Å². The van der Waals surface area contributed by atoms with Crippen molar-refractivity contribution in [3.63, 3.8) is 0 Å². The van der Waals surface area contributed by atoms with E-state index in [1.807, 2.05) is 47.4 Å². The van der Waals surface area contributed by atoms with Gasteiger partial charge in [0.1, 0.15) is 0 Å². The number of anilines is 4. The topological polar surface area (TPSA) is 41.1 Å². The van der Waals surface area contributed by atoms with Crippen molar-refractivity contribution in [3.8, 4) is 11.1 Å². The van der Waals surface area contributed by atoms with Gasteiger partial charge in [-0.3, -0.25) is 0 Å². The van der Waals surface area contributed by atoms with Crippen LogP contribution in [-0.2, 0) is 11.6 Å². The molecule has 1 aliphatic rings. The van der Waals surface area contributed by atoms with Gasteiger partial charge >= 0.3 is 6.18 Å². The van der Waals surface area contributed by atoms with Gasteiger partial charge in [0, 0.05) is 35.7 Å². The normalized spacial score (nSPS) is 14.7. The molecule has 0 fully saturated rings. The minimum Gasteiger partial charge on any atom is -0.337 e. The maximum atomic E-state index is 13.7. The van der Waals surface area contributed by atoms with E-state index in [9.17, 15) is 13.2 Å². The molecule has 34 heavy (non-hydrogen) atoms. The van der Waals surface area contributed by atoms with Crippen molar-refractivity contribution in [1.82, 2.24) is 9.97 Å². The van der Waals surface area contributed by atoms with Crippen molar-refractivity contribution in [2.75, 3.05) is 16.8 Å². The van der Waals surface area contributed by atoms with E-state index in [0.717, 1.165) is 23.0 Å². The van der Waals surface area contributed by atoms with Gasteiger partial charge in [-0.25, -0.2) is 9.97 Å². The number of nitrogens with zero attached hydrogens (tertiary/aromatic N) is 3. The molecule has 0 radical (unpaired) electrons. The SMILES string of the molecule is CC1(C)CN(c2nccnc2Nc2ccccc2)c2cc(-c3ccccc3C(F)(F)F)ccc21. The van der Waals surface area contributed by atoms with Crippen LogP contribution in [0, 0.1) is 0 Å². The third-order valence-corrected chi connectivity index (χ3v) is 6.09. The molecule has 4 nitrogen and oxygen atoms in total. The molecule has 5 rings (SSSR count). The fourth-order valence-electron chi connectivity index (χ4n) is 4.51. The zero-order chi connectivity index (χ0) is 23.9. The van der Waals surface area contributed by atoms with Crippen molar-refractivity contribution in [1.29, 1.82) is 0 Å². The van der Waals surface area contributed by atoms with Crippen LogP contribution in [0.4, 0.5) is 36.2 Å². The number of fused-ring (bicyclic) bond motifs is 1. The van der Waals surface area contributed by atoms with Crippen LogP contribution in [0.2, 0.25) is 0 Å². The Bertz CT molecular complexity index is 1330. The zero-order valence-corrected chi connectivity index (χ0v) is 18.8.